The zero-order chi connectivity index (χ0) is 16.5. The van der Waals surface area contributed by atoms with Gasteiger partial charge in [0.15, 0.2) is 5.96 Å². The number of nitrogens with one attached hydrogen (secondary N) is 1. The lowest BCUT2D eigenvalue weighted by Crippen LogP contribution is -2.35. The highest BCUT2D eigenvalue weighted by atomic mass is 127. The van der Waals surface area contributed by atoms with Crippen LogP contribution in [0.4, 0.5) is 0 Å². The van der Waals surface area contributed by atoms with Crippen LogP contribution in [0.15, 0.2) is 59.6 Å². The Morgan fingerprint density at radius 3 is 2.46 bits per heavy atom. The van der Waals surface area contributed by atoms with E-state index in [9.17, 15) is 0 Å². The van der Waals surface area contributed by atoms with E-state index in [1.54, 1.807) is 0 Å². The van der Waals surface area contributed by atoms with Gasteiger partial charge in [-0.3, -0.25) is 4.99 Å². The molecule has 0 spiro atoms. The number of benzene rings is 2. The van der Waals surface area contributed by atoms with Crippen molar-refractivity contribution in [3.63, 3.8) is 0 Å². The summed E-state index contributed by atoms with van der Waals surface area (Å²) in [6, 6.07) is 18.3. The molecule has 0 amide bonds. The Morgan fingerprint density at radius 2 is 1.75 bits per heavy atom. The first-order valence-electron chi connectivity index (χ1n) is 7.98. The highest BCUT2D eigenvalue weighted by Crippen LogP contribution is 2.29. The third-order valence-corrected chi connectivity index (χ3v) is 3.26. The minimum Gasteiger partial charge on any atom is -0.491 e. The highest BCUT2D eigenvalue weighted by Gasteiger charge is 2.05. The highest BCUT2D eigenvalue weighted by molar-refractivity contribution is 14.0. The zero-order valence-electron chi connectivity index (χ0n) is 14.2. The number of halogens is 1. The van der Waals surface area contributed by atoms with Crippen LogP contribution in [0, 0.1) is 5.92 Å². The van der Waals surface area contributed by atoms with Crippen LogP contribution in [0.25, 0.3) is 11.1 Å². The van der Waals surface area contributed by atoms with Crippen molar-refractivity contribution in [3.05, 3.63) is 54.6 Å². The number of rotatable bonds is 7. The largest absolute Gasteiger partial charge is 0.491 e. The number of ether oxygens (including phenoxy) is 1. The normalized spacial score (nSPS) is 11.0. The summed E-state index contributed by atoms with van der Waals surface area (Å²) in [5.41, 5.74) is 8.05. The number of hydrogen-bond acceptors (Lipinski definition) is 2. The Labute approximate surface area is 161 Å². The van der Waals surface area contributed by atoms with E-state index in [2.05, 4.69) is 42.4 Å². The third-order valence-electron chi connectivity index (χ3n) is 3.26. The molecule has 3 N–H and O–H groups in total. The standard InChI is InChI=1S/C19H25N3O.HI/c1-15(2)14-22-19(20)21-12-13-23-18-11-7-6-10-17(18)16-8-4-3-5-9-16;/h3-11,15H,12-14H2,1-2H3,(H3,20,21,22);1H. The predicted molar refractivity (Wildman–Crippen MR) is 112 cm³/mol. The Balaban J connectivity index is 0.00000288. The van der Waals surface area contributed by atoms with Gasteiger partial charge in [-0.1, -0.05) is 62.4 Å². The third kappa shape index (κ3) is 6.78. The first kappa shape index (κ1) is 20.3. The molecule has 0 radical (unpaired) electrons. The summed E-state index contributed by atoms with van der Waals surface area (Å²) < 4.78 is 5.89. The van der Waals surface area contributed by atoms with Gasteiger partial charge >= 0.3 is 0 Å². The molecule has 2 aromatic rings. The van der Waals surface area contributed by atoms with Crippen LogP contribution in [-0.2, 0) is 0 Å². The van der Waals surface area contributed by atoms with Gasteiger partial charge in [0, 0.05) is 12.1 Å². The van der Waals surface area contributed by atoms with E-state index in [0.717, 1.165) is 23.4 Å². The Bertz CT molecular complexity index is 630. The van der Waals surface area contributed by atoms with Gasteiger partial charge in [0.25, 0.3) is 0 Å². The van der Waals surface area contributed by atoms with E-state index in [-0.39, 0.29) is 24.0 Å². The van der Waals surface area contributed by atoms with Gasteiger partial charge < -0.3 is 15.8 Å². The Morgan fingerprint density at radius 1 is 1.08 bits per heavy atom. The number of guanidine groups is 1. The van der Waals surface area contributed by atoms with Crippen molar-refractivity contribution in [1.82, 2.24) is 5.32 Å². The maximum atomic E-state index is 5.89. The lowest BCUT2D eigenvalue weighted by molar-refractivity contribution is 0.323. The van der Waals surface area contributed by atoms with Crippen LogP contribution in [0.2, 0.25) is 0 Å². The predicted octanol–water partition coefficient (Wildman–Crippen LogP) is 3.91. The molecule has 0 saturated heterocycles. The van der Waals surface area contributed by atoms with Gasteiger partial charge in [-0.2, -0.15) is 0 Å². The first-order chi connectivity index (χ1) is 11.2. The number of para-hydroxylation sites is 1. The monoisotopic (exact) mass is 439 g/mol. The average Bonchev–Trinajstić information content (AvgIpc) is 2.58. The quantitative estimate of drug-likeness (QED) is 0.298. The van der Waals surface area contributed by atoms with Crippen molar-refractivity contribution in [2.75, 3.05) is 19.7 Å². The zero-order valence-corrected chi connectivity index (χ0v) is 16.6. The molecule has 0 heterocycles. The Kier molecular flexibility index (Phi) is 9.22. The molecule has 2 aromatic carbocycles. The van der Waals surface area contributed by atoms with Gasteiger partial charge in [0.05, 0.1) is 6.54 Å². The van der Waals surface area contributed by atoms with E-state index < -0.39 is 0 Å². The fourth-order valence-electron chi connectivity index (χ4n) is 2.13. The lowest BCUT2D eigenvalue weighted by Gasteiger charge is -2.12. The van der Waals surface area contributed by atoms with Crippen molar-refractivity contribution in [2.24, 2.45) is 16.6 Å². The summed E-state index contributed by atoms with van der Waals surface area (Å²) in [6.07, 6.45) is 0. The van der Waals surface area contributed by atoms with Crippen molar-refractivity contribution in [2.45, 2.75) is 13.8 Å². The molecular formula is C19H26IN3O. The minimum atomic E-state index is 0. The summed E-state index contributed by atoms with van der Waals surface area (Å²) in [5.74, 6) is 1.85. The van der Waals surface area contributed by atoms with E-state index in [1.165, 1.54) is 0 Å². The van der Waals surface area contributed by atoms with E-state index in [1.807, 2.05) is 36.4 Å². The molecule has 130 valence electrons. The number of hydrogen-bond donors (Lipinski definition) is 2. The molecule has 0 aromatic heterocycles. The van der Waals surface area contributed by atoms with Crippen molar-refractivity contribution in [3.8, 4) is 16.9 Å². The molecule has 0 unspecified atom stereocenters. The van der Waals surface area contributed by atoms with Gasteiger partial charge in [-0.15, -0.1) is 24.0 Å². The maximum Gasteiger partial charge on any atom is 0.188 e. The SMILES string of the molecule is CC(C)CN=C(N)NCCOc1ccccc1-c1ccccc1.I. The number of nitrogens with zero attached hydrogens (tertiary/aromatic N) is 1. The second-order valence-corrected chi connectivity index (χ2v) is 5.76. The smallest absolute Gasteiger partial charge is 0.188 e. The maximum absolute atomic E-state index is 5.89. The van der Waals surface area contributed by atoms with Crippen molar-refractivity contribution >= 4 is 29.9 Å². The molecule has 0 aliphatic carbocycles. The molecule has 2 rings (SSSR count). The van der Waals surface area contributed by atoms with Crippen LogP contribution in [0.1, 0.15) is 13.8 Å². The number of nitrogens with two attached hydrogens (primary N) is 1. The molecule has 24 heavy (non-hydrogen) atoms. The van der Waals surface area contributed by atoms with Crippen LogP contribution in [0.3, 0.4) is 0 Å². The van der Waals surface area contributed by atoms with Crippen LogP contribution < -0.4 is 15.8 Å². The van der Waals surface area contributed by atoms with Gasteiger partial charge in [-0.05, 0) is 17.5 Å². The molecule has 0 fully saturated rings. The lowest BCUT2D eigenvalue weighted by atomic mass is 10.1. The topological polar surface area (TPSA) is 59.6 Å². The van der Waals surface area contributed by atoms with E-state index in [0.29, 0.717) is 25.0 Å². The molecule has 0 aliphatic rings. The van der Waals surface area contributed by atoms with E-state index in [4.69, 9.17) is 10.5 Å². The molecule has 0 bridgehead atoms. The Hall–Kier alpha value is -1.76. The molecule has 4 nitrogen and oxygen atoms in total. The summed E-state index contributed by atoms with van der Waals surface area (Å²) in [6.45, 7) is 6.11. The van der Waals surface area contributed by atoms with Crippen molar-refractivity contribution < 1.29 is 4.74 Å². The second-order valence-electron chi connectivity index (χ2n) is 5.76. The molecule has 5 heteroatoms. The molecule has 0 saturated carbocycles. The number of aliphatic imine (C=N–C) groups is 1. The van der Waals surface area contributed by atoms with Crippen LogP contribution in [0.5, 0.6) is 5.75 Å². The fraction of sp³-hybridized carbons (Fsp3) is 0.316. The van der Waals surface area contributed by atoms with Crippen molar-refractivity contribution in [1.29, 1.82) is 0 Å². The average molecular weight is 439 g/mol. The second kappa shape index (κ2) is 10.9. The van der Waals surface area contributed by atoms with Gasteiger partial charge in [-0.25, -0.2) is 0 Å². The summed E-state index contributed by atoms with van der Waals surface area (Å²) in [7, 11) is 0. The summed E-state index contributed by atoms with van der Waals surface area (Å²) in [5, 5.41) is 3.07. The minimum absolute atomic E-state index is 0. The van der Waals surface area contributed by atoms with E-state index >= 15 is 0 Å². The van der Waals surface area contributed by atoms with Crippen LogP contribution >= 0.6 is 24.0 Å². The summed E-state index contributed by atoms with van der Waals surface area (Å²) >= 11 is 0. The molecule has 0 aliphatic heterocycles. The van der Waals surface area contributed by atoms with Gasteiger partial charge in [0.1, 0.15) is 12.4 Å². The fourth-order valence-corrected chi connectivity index (χ4v) is 2.13. The van der Waals surface area contributed by atoms with Crippen LogP contribution in [-0.4, -0.2) is 25.7 Å². The molecule has 0 atom stereocenters. The summed E-state index contributed by atoms with van der Waals surface area (Å²) in [4.78, 5) is 4.26. The first-order valence-corrected chi connectivity index (χ1v) is 7.98. The van der Waals surface area contributed by atoms with Gasteiger partial charge in [0.2, 0.25) is 0 Å². The molecular weight excluding hydrogens is 413 g/mol.